The zero-order valence-electron chi connectivity index (χ0n) is 11.0. The molecule has 2 aliphatic rings. The molecule has 1 aromatic carbocycles. The number of hydrogen-bond donors (Lipinski definition) is 2. The van der Waals surface area contributed by atoms with Crippen LogP contribution in [0.1, 0.15) is 18.4 Å². The number of nitrogens with one attached hydrogen (secondary N) is 2. The van der Waals surface area contributed by atoms with E-state index < -0.39 is 0 Å². The molecule has 4 heteroatoms. The lowest BCUT2D eigenvalue weighted by Crippen LogP contribution is -2.43. The van der Waals surface area contributed by atoms with E-state index >= 15 is 0 Å². The lowest BCUT2D eigenvalue weighted by Gasteiger charge is -2.22. The van der Waals surface area contributed by atoms with Crippen molar-refractivity contribution in [1.82, 2.24) is 10.6 Å². The SMILES string of the molecule is O=C(NCC1Cc2ccccc2O1)C1CCCNC1. The monoisotopic (exact) mass is 260 g/mol. The van der Waals surface area contributed by atoms with Gasteiger partial charge in [-0.25, -0.2) is 0 Å². The maximum Gasteiger partial charge on any atom is 0.224 e. The molecule has 3 rings (SSSR count). The second-order valence-corrected chi connectivity index (χ2v) is 5.34. The standard InChI is InChI=1S/C15H20N2O2/c18-15(12-5-3-7-16-9-12)17-10-13-8-11-4-1-2-6-14(11)19-13/h1-2,4,6,12-13,16H,3,5,7-10H2,(H,17,18). The third kappa shape index (κ3) is 2.89. The Bertz CT molecular complexity index is 430. The van der Waals surface area contributed by atoms with Crippen molar-refractivity contribution in [3.8, 4) is 5.75 Å². The van der Waals surface area contributed by atoms with Gasteiger partial charge >= 0.3 is 0 Å². The summed E-state index contributed by atoms with van der Waals surface area (Å²) in [5.74, 6) is 1.24. The van der Waals surface area contributed by atoms with Gasteiger partial charge in [0.25, 0.3) is 0 Å². The summed E-state index contributed by atoms with van der Waals surface area (Å²) in [4.78, 5) is 12.0. The Morgan fingerprint density at radius 2 is 2.32 bits per heavy atom. The number of ether oxygens (including phenoxy) is 1. The molecule has 0 aromatic heterocycles. The van der Waals surface area contributed by atoms with Crippen molar-refractivity contribution < 1.29 is 9.53 Å². The van der Waals surface area contributed by atoms with E-state index in [2.05, 4.69) is 16.7 Å². The normalized spacial score (nSPS) is 25.5. The Morgan fingerprint density at radius 3 is 3.11 bits per heavy atom. The van der Waals surface area contributed by atoms with Gasteiger partial charge < -0.3 is 15.4 Å². The van der Waals surface area contributed by atoms with E-state index in [1.807, 2.05) is 18.2 Å². The van der Waals surface area contributed by atoms with Crippen LogP contribution in [-0.4, -0.2) is 31.6 Å². The van der Waals surface area contributed by atoms with Gasteiger partial charge in [0.1, 0.15) is 11.9 Å². The summed E-state index contributed by atoms with van der Waals surface area (Å²) in [6, 6.07) is 8.08. The van der Waals surface area contributed by atoms with E-state index in [1.54, 1.807) is 0 Å². The minimum Gasteiger partial charge on any atom is -0.488 e. The van der Waals surface area contributed by atoms with Crippen LogP contribution in [0.4, 0.5) is 0 Å². The van der Waals surface area contributed by atoms with E-state index in [-0.39, 0.29) is 17.9 Å². The summed E-state index contributed by atoms with van der Waals surface area (Å²) < 4.78 is 5.81. The molecule has 0 bridgehead atoms. The molecular formula is C15H20N2O2. The van der Waals surface area contributed by atoms with Gasteiger partial charge in [-0.3, -0.25) is 4.79 Å². The summed E-state index contributed by atoms with van der Waals surface area (Å²) in [7, 11) is 0. The fourth-order valence-electron chi connectivity index (χ4n) is 2.80. The zero-order chi connectivity index (χ0) is 13.1. The Morgan fingerprint density at radius 1 is 1.42 bits per heavy atom. The fraction of sp³-hybridized carbons (Fsp3) is 0.533. The first-order chi connectivity index (χ1) is 9.33. The van der Waals surface area contributed by atoms with Crippen molar-refractivity contribution in [1.29, 1.82) is 0 Å². The highest BCUT2D eigenvalue weighted by atomic mass is 16.5. The molecule has 102 valence electrons. The first-order valence-corrected chi connectivity index (χ1v) is 7.06. The van der Waals surface area contributed by atoms with Crippen LogP contribution in [0.2, 0.25) is 0 Å². The van der Waals surface area contributed by atoms with Gasteiger partial charge in [0.2, 0.25) is 5.91 Å². The van der Waals surface area contributed by atoms with Crippen LogP contribution in [0.15, 0.2) is 24.3 Å². The third-order valence-electron chi connectivity index (χ3n) is 3.89. The van der Waals surface area contributed by atoms with Crippen LogP contribution in [0.5, 0.6) is 5.75 Å². The average molecular weight is 260 g/mol. The largest absolute Gasteiger partial charge is 0.488 e. The molecule has 0 aliphatic carbocycles. The maximum absolute atomic E-state index is 12.0. The van der Waals surface area contributed by atoms with Gasteiger partial charge in [0.05, 0.1) is 12.5 Å². The van der Waals surface area contributed by atoms with Crippen molar-refractivity contribution in [2.24, 2.45) is 5.92 Å². The second-order valence-electron chi connectivity index (χ2n) is 5.34. The molecule has 2 unspecified atom stereocenters. The Balaban J connectivity index is 1.47. The lowest BCUT2D eigenvalue weighted by molar-refractivity contribution is -0.125. The van der Waals surface area contributed by atoms with Crippen LogP contribution in [0.3, 0.4) is 0 Å². The van der Waals surface area contributed by atoms with Gasteiger partial charge in [-0.05, 0) is 31.0 Å². The quantitative estimate of drug-likeness (QED) is 0.856. The minimum absolute atomic E-state index is 0.0814. The first-order valence-electron chi connectivity index (χ1n) is 7.06. The first kappa shape index (κ1) is 12.5. The summed E-state index contributed by atoms with van der Waals surface area (Å²) >= 11 is 0. The minimum atomic E-state index is 0.0814. The van der Waals surface area contributed by atoms with Crippen LogP contribution in [0.25, 0.3) is 0 Å². The summed E-state index contributed by atoms with van der Waals surface area (Å²) in [5, 5.41) is 6.29. The van der Waals surface area contributed by atoms with Crippen molar-refractivity contribution in [2.45, 2.75) is 25.4 Å². The van der Waals surface area contributed by atoms with Crippen molar-refractivity contribution in [3.63, 3.8) is 0 Å². The number of carbonyl (C=O) groups excluding carboxylic acids is 1. The summed E-state index contributed by atoms with van der Waals surface area (Å²) in [6.45, 7) is 2.44. The molecule has 2 atom stereocenters. The fourth-order valence-corrected chi connectivity index (χ4v) is 2.80. The molecule has 1 saturated heterocycles. The maximum atomic E-state index is 12.0. The second kappa shape index (κ2) is 5.61. The number of hydrogen-bond acceptors (Lipinski definition) is 3. The molecule has 2 heterocycles. The highest BCUT2D eigenvalue weighted by molar-refractivity contribution is 5.79. The molecule has 19 heavy (non-hydrogen) atoms. The van der Waals surface area contributed by atoms with E-state index in [4.69, 9.17) is 4.74 Å². The number of piperidine rings is 1. The predicted octanol–water partition coefficient (Wildman–Crippen LogP) is 1.11. The van der Waals surface area contributed by atoms with Crippen LogP contribution >= 0.6 is 0 Å². The third-order valence-corrected chi connectivity index (χ3v) is 3.89. The van der Waals surface area contributed by atoms with E-state index in [1.165, 1.54) is 5.56 Å². The highest BCUT2D eigenvalue weighted by Crippen LogP contribution is 2.27. The number of fused-ring (bicyclic) bond motifs is 1. The number of rotatable bonds is 3. The number of amides is 1. The van der Waals surface area contributed by atoms with Gasteiger partial charge in [-0.2, -0.15) is 0 Å². The predicted molar refractivity (Wildman–Crippen MR) is 73.2 cm³/mol. The molecule has 0 radical (unpaired) electrons. The molecule has 1 aromatic rings. The summed E-state index contributed by atoms with van der Waals surface area (Å²) in [6.07, 6.45) is 3.05. The Labute approximate surface area is 113 Å². The molecule has 4 nitrogen and oxygen atoms in total. The molecule has 1 amide bonds. The summed E-state index contributed by atoms with van der Waals surface area (Å²) in [5.41, 5.74) is 1.24. The molecule has 0 spiro atoms. The van der Waals surface area contributed by atoms with E-state index in [9.17, 15) is 4.79 Å². The topological polar surface area (TPSA) is 50.4 Å². The van der Waals surface area contributed by atoms with Gasteiger partial charge in [-0.15, -0.1) is 0 Å². The van der Waals surface area contributed by atoms with Crippen LogP contribution in [0, 0.1) is 5.92 Å². The Kier molecular flexibility index (Phi) is 3.69. The molecule has 2 N–H and O–H groups in total. The van der Waals surface area contributed by atoms with E-state index in [0.717, 1.165) is 38.1 Å². The van der Waals surface area contributed by atoms with E-state index in [0.29, 0.717) is 6.54 Å². The van der Waals surface area contributed by atoms with Crippen molar-refractivity contribution in [2.75, 3.05) is 19.6 Å². The Hall–Kier alpha value is -1.55. The zero-order valence-corrected chi connectivity index (χ0v) is 11.0. The lowest BCUT2D eigenvalue weighted by atomic mass is 9.99. The number of carbonyl (C=O) groups is 1. The average Bonchev–Trinajstić information content (AvgIpc) is 2.88. The molecule has 2 aliphatic heterocycles. The molecular weight excluding hydrogens is 240 g/mol. The smallest absolute Gasteiger partial charge is 0.224 e. The van der Waals surface area contributed by atoms with Crippen molar-refractivity contribution in [3.05, 3.63) is 29.8 Å². The number of benzene rings is 1. The van der Waals surface area contributed by atoms with Crippen LogP contribution in [-0.2, 0) is 11.2 Å². The highest BCUT2D eigenvalue weighted by Gasteiger charge is 2.25. The van der Waals surface area contributed by atoms with Gasteiger partial charge in [0.15, 0.2) is 0 Å². The number of para-hydroxylation sites is 1. The molecule has 0 saturated carbocycles. The van der Waals surface area contributed by atoms with Gasteiger partial charge in [0, 0.05) is 13.0 Å². The van der Waals surface area contributed by atoms with Crippen LogP contribution < -0.4 is 15.4 Å². The van der Waals surface area contributed by atoms with Crippen molar-refractivity contribution >= 4 is 5.91 Å². The van der Waals surface area contributed by atoms with Gasteiger partial charge in [-0.1, -0.05) is 18.2 Å². The molecule has 1 fully saturated rings.